The molecular formula is C24H24N4O3. The van der Waals surface area contributed by atoms with Crippen LogP contribution in [0.2, 0.25) is 0 Å². The summed E-state index contributed by atoms with van der Waals surface area (Å²) in [6.45, 7) is 2.00. The predicted molar refractivity (Wildman–Crippen MR) is 119 cm³/mol. The Hall–Kier alpha value is -3.87. The van der Waals surface area contributed by atoms with Gasteiger partial charge in [0.15, 0.2) is 18.1 Å². The van der Waals surface area contributed by atoms with E-state index in [-0.39, 0.29) is 17.9 Å². The summed E-state index contributed by atoms with van der Waals surface area (Å²) in [6, 6.07) is 12.7. The number of carbonyl (C=O) groups excluding carboxylic acids is 2. The van der Waals surface area contributed by atoms with Gasteiger partial charge in [-0.25, -0.2) is 4.58 Å². The van der Waals surface area contributed by atoms with Crippen LogP contribution in [0.15, 0.2) is 66.8 Å². The topological polar surface area (TPSA) is 84.5 Å². The maximum Gasteiger partial charge on any atom is 0.311 e. The van der Waals surface area contributed by atoms with Crippen molar-refractivity contribution < 1.29 is 18.9 Å². The Labute approximate surface area is 181 Å². The second-order valence-corrected chi connectivity index (χ2v) is 7.54. The Bertz CT molecular complexity index is 1120. The van der Waals surface area contributed by atoms with Gasteiger partial charge in [0.05, 0.1) is 6.42 Å². The lowest BCUT2D eigenvalue weighted by molar-refractivity contribution is -0.429. The van der Waals surface area contributed by atoms with Crippen LogP contribution in [-0.2, 0) is 11.2 Å². The van der Waals surface area contributed by atoms with Crippen LogP contribution in [0.5, 0.6) is 5.75 Å². The third kappa shape index (κ3) is 5.01. The largest absolute Gasteiger partial charge is 0.683 e. The van der Waals surface area contributed by atoms with Crippen LogP contribution in [0.3, 0.4) is 0 Å². The Morgan fingerprint density at radius 3 is 2.87 bits per heavy atom. The van der Waals surface area contributed by atoms with Gasteiger partial charge in [0.25, 0.3) is 5.91 Å². The lowest BCUT2D eigenvalue weighted by Gasteiger charge is -2.26. The lowest BCUT2D eigenvalue weighted by atomic mass is 10.0. The molecule has 2 heterocycles. The molecule has 0 fully saturated rings. The van der Waals surface area contributed by atoms with E-state index in [0.29, 0.717) is 29.8 Å². The molecule has 2 aromatic carbocycles. The number of rotatable bonds is 7. The lowest BCUT2D eigenvalue weighted by Crippen LogP contribution is -2.21. The number of hydrogen-bond donors (Lipinski definition) is 2. The molecule has 31 heavy (non-hydrogen) atoms. The summed E-state index contributed by atoms with van der Waals surface area (Å²) >= 11 is 0. The molecule has 7 nitrogen and oxygen atoms in total. The Morgan fingerprint density at radius 2 is 2.06 bits per heavy atom. The van der Waals surface area contributed by atoms with Crippen LogP contribution in [0.4, 0.5) is 5.69 Å². The molecule has 0 saturated carbocycles. The van der Waals surface area contributed by atoms with Crippen LogP contribution in [0.1, 0.15) is 40.9 Å². The highest BCUT2D eigenvalue weighted by molar-refractivity contribution is 6.04. The summed E-state index contributed by atoms with van der Waals surface area (Å²) in [5.74, 6) is 0.0876. The zero-order valence-corrected chi connectivity index (χ0v) is 17.5. The number of nitrogens with zero attached hydrogens (tertiary/aromatic N) is 2. The van der Waals surface area contributed by atoms with Gasteiger partial charge in [0.1, 0.15) is 12.8 Å². The summed E-state index contributed by atoms with van der Waals surface area (Å²) < 4.78 is 7.16. The Kier molecular flexibility index (Phi) is 5.84. The molecule has 0 saturated heterocycles. The number of anilines is 1. The molecule has 0 spiro atoms. The first kappa shape index (κ1) is 20.4. The van der Waals surface area contributed by atoms with E-state index in [2.05, 4.69) is 16.0 Å². The summed E-state index contributed by atoms with van der Waals surface area (Å²) in [5, 5.41) is 10.6. The highest BCUT2D eigenvalue weighted by Crippen LogP contribution is 2.27. The summed E-state index contributed by atoms with van der Waals surface area (Å²) in [4.78, 5) is 24.1. The number of carbonyl (C=O) groups is 2. The molecule has 1 amide bonds. The van der Waals surface area contributed by atoms with Gasteiger partial charge in [-0.3, -0.25) is 9.59 Å². The van der Waals surface area contributed by atoms with Gasteiger partial charge >= 0.3 is 5.97 Å². The number of fused-ring (bicyclic) bond motifs is 1. The third-order valence-electron chi connectivity index (χ3n) is 5.09. The van der Waals surface area contributed by atoms with E-state index < -0.39 is 0 Å². The smallest absolute Gasteiger partial charge is 0.311 e. The summed E-state index contributed by atoms with van der Waals surface area (Å²) in [5.41, 5.74) is 4.13. The van der Waals surface area contributed by atoms with Crippen molar-refractivity contribution in [2.24, 2.45) is 0 Å². The molecule has 0 aliphatic carbocycles. The normalized spacial score (nSPS) is 15.7. The predicted octanol–water partition coefficient (Wildman–Crippen LogP) is 3.85. The van der Waals surface area contributed by atoms with Crippen molar-refractivity contribution in [1.82, 2.24) is 5.32 Å². The number of benzene rings is 2. The van der Waals surface area contributed by atoms with E-state index in [0.717, 1.165) is 16.8 Å². The number of nitrogens with one attached hydrogen (secondary N) is 2. The molecule has 4 rings (SSSR count). The van der Waals surface area contributed by atoms with E-state index in [1.165, 1.54) is 0 Å². The van der Waals surface area contributed by atoms with Crippen molar-refractivity contribution in [2.75, 3.05) is 12.4 Å². The molecular weight excluding hydrogens is 392 g/mol. The van der Waals surface area contributed by atoms with Gasteiger partial charge < -0.3 is 20.7 Å². The molecule has 0 radical (unpaired) electrons. The molecule has 2 N–H and O–H groups in total. The highest BCUT2D eigenvalue weighted by Gasteiger charge is 2.18. The van der Waals surface area contributed by atoms with E-state index in [1.54, 1.807) is 30.6 Å². The fraction of sp³-hybridized carbons (Fsp3) is 0.208. The first-order valence-corrected chi connectivity index (χ1v) is 10.1. The van der Waals surface area contributed by atoms with Gasteiger partial charge in [0.2, 0.25) is 0 Å². The van der Waals surface area contributed by atoms with Crippen LogP contribution in [0, 0.1) is 0 Å². The van der Waals surface area contributed by atoms with Gasteiger partial charge in [-0.05, 0) is 48.5 Å². The standard InChI is InChI=1S/C24H24N4O3/c1-16(25-10-11-26-21-14-28(2)15-21)17-4-3-5-20(13-17)27-24(30)19-6-8-22-18(12-19)7-9-23(29)31-22/h3-6,8,10-16,26H,7,9H2,1-2H3,(H,27,30). The average Bonchev–Trinajstić information content (AvgIpc) is 2.74. The van der Waals surface area contributed by atoms with Crippen molar-refractivity contribution >= 4 is 23.8 Å². The fourth-order valence-electron chi connectivity index (χ4n) is 3.40. The molecule has 158 valence electrons. The zero-order chi connectivity index (χ0) is 21.8. The average molecular weight is 416 g/mol. The number of aryl methyl sites for hydroxylation is 1. The minimum absolute atomic E-state index is 0.0599. The van der Waals surface area contributed by atoms with Crippen molar-refractivity contribution in [3.8, 4) is 5.75 Å². The second kappa shape index (κ2) is 8.87. The van der Waals surface area contributed by atoms with Crippen molar-refractivity contribution in [3.05, 3.63) is 88.8 Å². The maximum absolute atomic E-state index is 12.7. The number of ether oxygens (including phenoxy) is 1. The molecule has 0 bridgehead atoms. The number of amides is 1. The highest BCUT2D eigenvalue weighted by atomic mass is 16.5. The first-order chi connectivity index (χ1) is 15.0. The summed E-state index contributed by atoms with van der Waals surface area (Å²) in [7, 11) is 1.97. The van der Waals surface area contributed by atoms with Crippen LogP contribution in [0.25, 0.3) is 5.32 Å². The minimum Gasteiger partial charge on any atom is -0.683 e. The third-order valence-corrected chi connectivity index (χ3v) is 5.09. The summed E-state index contributed by atoms with van der Waals surface area (Å²) in [6.07, 6.45) is 8.41. The van der Waals surface area contributed by atoms with Gasteiger partial charge in [-0.1, -0.05) is 30.7 Å². The van der Waals surface area contributed by atoms with Crippen LogP contribution < -0.4 is 15.4 Å². The number of hydrogen-bond acceptors (Lipinski definition) is 4. The number of esters is 1. The zero-order valence-electron chi connectivity index (χ0n) is 17.5. The van der Waals surface area contributed by atoms with Crippen molar-refractivity contribution in [3.63, 3.8) is 0 Å². The quantitative estimate of drug-likeness (QED) is 0.408. The minimum atomic E-state index is -0.238. The second-order valence-electron chi connectivity index (χ2n) is 7.54. The number of allylic oxidation sites excluding steroid dienone is 1. The fourth-order valence-corrected chi connectivity index (χ4v) is 3.40. The molecule has 2 aliphatic rings. The SMILES string of the molecule is CC([N-]C=CNC1=C[N+](C)=C1)c1cccc(NC(=O)c2ccc3c(c2)CCC(=O)O3)c1. The van der Waals surface area contributed by atoms with Gasteiger partial charge in [-0.15, -0.1) is 0 Å². The van der Waals surface area contributed by atoms with E-state index >= 15 is 0 Å². The monoisotopic (exact) mass is 416 g/mol. The van der Waals surface area contributed by atoms with Gasteiger partial charge in [0, 0.05) is 11.3 Å². The molecule has 1 unspecified atom stereocenters. The molecule has 1 atom stereocenters. The Morgan fingerprint density at radius 1 is 1.23 bits per heavy atom. The van der Waals surface area contributed by atoms with Gasteiger partial charge in [-0.2, -0.15) is 6.20 Å². The van der Waals surface area contributed by atoms with Crippen LogP contribution in [-0.4, -0.2) is 29.7 Å². The molecule has 7 heteroatoms. The molecule has 0 aromatic heterocycles. The molecule has 2 aromatic rings. The van der Waals surface area contributed by atoms with Crippen LogP contribution >= 0.6 is 0 Å². The van der Waals surface area contributed by atoms with E-state index in [1.807, 2.05) is 55.2 Å². The first-order valence-electron chi connectivity index (χ1n) is 10.1. The Balaban J connectivity index is 1.35. The van der Waals surface area contributed by atoms with Crippen molar-refractivity contribution in [2.45, 2.75) is 25.8 Å². The van der Waals surface area contributed by atoms with E-state index in [4.69, 9.17) is 4.74 Å². The maximum atomic E-state index is 12.7. The molecule has 2 aliphatic heterocycles. The van der Waals surface area contributed by atoms with Crippen molar-refractivity contribution in [1.29, 1.82) is 0 Å². The van der Waals surface area contributed by atoms with E-state index in [9.17, 15) is 9.59 Å².